The first kappa shape index (κ1) is 17.4. The Bertz CT molecular complexity index is 762. The molecule has 0 saturated carbocycles. The lowest BCUT2D eigenvalue weighted by molar-refractivity contribution is 0.0686. The van der Waals surface area contributed by atoms with E-state index in [1.54, 1.807) is 13.8 Å². The lowest BCUT2D eigenvalue weighted by Crippen LogP contribution is -2.00. The van der Waals surface area contributed by atoms with Crippen LogP contribution in [0.3, 0.4) is 0 Å². The maximum absolute atomic E-state index is 12.1. The first-order valence-electron chi connectivity index (χ1n) is 6.79. The summed E-state index contributed by atoms with van der Waals surface area (Å²) in [6.45, 7) is 3.33. The summed E-state index contributed by atoms with van der Waals surface area (Å²) >= 11 is 0. The van der Waals surface area contributed by atoms with Gasteiger partial charge in [-0.2, -0.15) is 0 Å². The lowest BCUT2D eigenvalue weighted by Gasteiger charge is -2.02. The van der Waals surface area contributed by atoms with Crippen molar-refractivity contribution in [3.63, 3.8) is 0 Å². The Labute approximate surface area is 138 Å². The largest absolute Gasteiger partial charge is 0.805 e. The molecule has 0 amide bonds. The van der Waals surface area contributed by atoms with Gasteiger partial charge in [0.05, 0.1) is 11.1 Å². The Balaban J connectivity index is 2.20. The van der Waals surface area contributed by atoms with E-state index in [9.17, 15) is 14.2 Å². The Morgan fingerprint density at radius 1 is 0.833 bits per heavy atom. The average molecular weight is 349 g/mol. The third-order valence-corrected chi connectivity index (χ3v) is 3.91. The Morgan fingerprint density at radius 2 is 1.21 bits per heavy atom. The maximum Gasteiger partial charge on any atom is 0.805 e. The quantitative estimate of drug-likeness (QED) is 0.763. The molecule has 0 aliphatic heterocycles. The standard InChI is InChI=1S/C16H13O7P/c1-9-3-5-11(15(17)18)7-13(9)22-24(21)23-14-8-12(16(19)20)6-4-10(14)2/h3-8H,1-2H3,(H-,17,18,19,20)/p+1. The van der Waals surface area contributed by atoms with Gasteiger partial charge in [-0.25, -0.2) is 18.6 Å². The summed E-state index contributed by atoms with van der Waals surface area (Å²) in [5.74, 6) is -2.05. The Hall–Kier alpha value is -2.92. The summed E-state index contributed by atoms with van der Waals surface area (Å²) in [5, 5.41) is 17.9. The second kappa shape index (κ2) is 7.10. The molecule has 0 bridgehead atoms. The minimum Gasteiger partial charge on any atom is -0.478 e. The molecule has 7 nitrogen and oxygen atoms in total. The van der Waals surface area contributed by atoms with Gasteiger partial charge in [0, 0.05) is 16.7 Å². The van der Waals surface area contributed by atoms with Gasteiger partial charge >= 0.3 is 20.2 Å². The first-order chi connectivity index (χ1) is 11.3. The van der Waals surface area contributed by atoms with E-state index in [1.165, 1.54) is 36.4 Å². The van der Waals surface area contributed by atoms with Crippen molar-refractivity contribution in [2.75, 3.05) is 0 Å². The molecule has 0 heterocycles. The van der Waals surface area contributed by atoms with Crippen molar-refractivity contribution in [2.45, 2.75) is 13.8 Å². The topological polar surface area (TPSA) is 110 Å². The zero-order valence-electron chi connectivity index (χ0n) is 12.8. The highest BCUT2D eigenvalue weighted by Gasteiger charge is 2.27. The van der Waals surface area contributed by atoms with Gasteiger partial charge < -0.3 is 10.2 Å². The molecule has 0 aliphatic carbocycles. The monoisotopic (exact) mass is 349 g/mol. The predicted molar refractivity (Wildman–Crippen MR) is 85.1 cm³/mol. The van der Waals surface area contributed by atoms with Gasteiger partial charge in [0.15, 0.2) is 11.5 Å². The van der Waals surface area contributed by atoms with Crippen LogP contribution in [0.4, 0.5) is 0 Å². The lowest BCUT2D eigenvalue weighted by atomic mass is 10.1. The zero-order chi connectivity index (χ0) is 17.9. The van der Waals surface area contributed by atoms with E-state index >= 15 is 0 Å². The molecular formula is C16H14O7P+. The van der Waals surface area contributed by atoms with Gasteiger partial charge in [0.2, 0.25) is 0 Å². The number of carboxylic acid groups (broad SMARTS) is 2. The molecule has 2 rings (SSSR count). The summed E-state index contributed by atoms with van der Waals surface area (Å²) in [6, 6.07) is 8.35. The van der Waals surface area contributed by atoms with E-state index in [1.807, 2.05) is 0 Å². The number of benzene rings is 2. The molecule has 2 aromatic carbocycles. The van der Waals surface area contributed by atoms with Crippen LogP contribution in [-0.4, -0.2) is 22.2 Å². The van der Waals surface area contributed by atoms with Gasteiger partial charge in [0.1, 0.15) is 0 Å². The second-order valence-electron chi connectivity index (χ2n) is 4.98. The van der Waals surface area contributed by atoms with Crippen molar-refractivity contribution in [3.8, 4) is 11.5 Å². The van der Waals surface area contributed by atoms with Crippen molar-refractivity contribution in [3.05, 3.63) is 58.7 Å². The summed E-state index contributed by atoms with van der Waals surface area (Å²) in [6.07, 6.45) is 0. The molecule has 0 aromatic heterocycles. The van der Waals surface area contributed by atoms with E-state index in [0.717, 1.165) is 0 Å². The van der Waals surface area contributed by atoms with E-state index in [0.29, 0.717) is 11.1 Å². The summed E-state index contributed by atoms with van der Waals surface area (Å²) < 4.78 is 22.4. The van der Waals surface area contributed by atoms with Crippen LogP contribution in [0.1, 0.15) is 31.8 Å². The highest BCUT2D eigenvalue weighted by Crippen LogP contribution is 2.34. The molecular weight excluding hydrogens is 335 g/mol. The highest BCUT2D eigenvalue weighted by atomic mass is 31.1. The molecule has 0 unspecified atom stereocenters. The van der Waals surface area contributed by atoms with E-state index in [4.69, 9.17) is 19.3 Å². The van der Waals surface area contributed by atoms with Gasteiger partial charge in [-0.15, -0.1) is 0 Å². The number of aromatic carboxylic acids is 2. The number of hydrogen-bond acceptors (Lipinski definition) is 5. The molecule has 0 aliphatic rings. The molecule has 0 saturated heterocycles. The first-order valence-corrected chi connectivity index (χ1v) is 7.88. The third-order valence-electron chi connectivity index (χ3n) is 3.22. The second-order valence-corrected chi connectivity index (χ2v) is 5.79. The molecule has 124 valence electrons. The van der Waals surface area contributed by atoms with Crippen molar-refractivity contribution in [2.24, 2.45) is 0 Å². The van der Waals surface area contributed by atoms with Crippen LogP contribution in [0.25, 0.3) is 0 Å². The van der Waals surface area contributed by atoms with Crippen LogP contribution < -0.4 is 9.05 Å². The Morgan fingerprint density at radius 3 is 1.54 bits per heavy atom. The molecule has 0 radical (unpaired) electrons. The minimum atomic E-state index is -2.66. The fourth-order valence-corrected chi connectivity index (χ4v) is 2.59. The smallest absolute Gasteiger partial charge is 0.478 e. The van der Waals surface area contributed by atoms with Gasteiger partial charge in [0.25, 0.3) is 0 Å². The summed E-state index contributed by atoms with van der Waals surface area (Å²) in [7, 11) is -2.66. The normalized spacial score (nSPS) is 10.1. The summed E-state index contributed by atoms with van der Waals surface area (Å²) in [5.41, 5.74) is 1.15. The predicted octanol–water partition coefficient (Wildman–Crippen LogP) is 3.82. The average Bonchev–Trinajstić information content (AvgIpc) is 2.51. The van der Waals surface area contributed by atoms with E-state index in [-0.39, 0.29) is 22.6 Å². The third kappa shape index (κ3) is 4.08. The van der Waals surface area contributed by atoms with Gasteiger partial charge in [-0.05, 0) is 37.1 Å². The minimum absolute atomic E-state index is 0.0111. The Kier molecular flexibility index (Phi) is 5.16. The number of carbonyl (C=O) groups is 2. The number of hydrogen-bond donors (Lipinski definition) is 2. The van der Waals surface area contributed by atoms with Crippen molar-refractivity contribution in [1.29, 1.82) is 0 Å². The van der Waals surface area contributed by atoms with Crippen LogP contribution in [0, 0.1) is 13.8 Å². The molecule has 0 fully saturated rings. The molecule has 2 aromatic rings. The molecule has 2 N–H and O–H groups in total. The van der Waals surface area contributed by atoms with Crippen LogP contribution in [0.5, 0.6) is 11.5 Å². The zero-order valence-corrected chi connectivity index (χ0v) is 13.7. The van der Waals surface area contributed by atoms with Crippen molar-refractivity contribution in [1.82, 2.24) is 0 Å². The number of rotatable bonds is 6. The summed E-state index contributed by atoms with van der Waals surface area (Å²) in [4.78, 5) is 21.9. The molecule has 24 heavy (non-hydrogen) atoms. The van der Waals surface area contributed by atoms with Crippen molar-refractivity contribution < 1.29 is 33.4 Å². The maximum atomic E-state index is 12.1. The van der Waals surface area contributed by atoms with Crippen LogP contribution >= 0.6 is 8.25 Å². The fourth-order valence-electron chi connectivity index (χ4n) is 1.84. The van der Waals surface area contributed by atoms with Gasteiger partial charge in [-0.3, -0.25) is 0 Å². The highest BCUT2D eigenvalue weighted by molar-refractivity contribution is 7.34. The molecule has 8 heteroatoms. The molecule has 0 spiro atoms. The van der Waals surface area contributed by atoms with Gasteiger partial charge in [-0.1, -0.05) is 12.1 Å². The van der Waals surface area contributed by atoms with E-state index in [2.05, 4.69) is 0 Å². The SMILES string of the molecule is Cc1ccc(C(=O)O)cc1O[P+](=O)Oc1cc(C(=O)O)ccc1C. The van der Waals surface area contributed by atoms with E-state index < -0.39 is 20.2 Å². The van der Waals surface area contributed by atoms with Crippen molar-refractivity contribution >= 4 is 20.2 Å². The van der Waals surface area contributed by atoms with Crippen LogP contribution in [0.15, 0.2) is 36.4 Å². The number of aryl methyl sites for hydroxylation is 2. The fraction of sp³-hybridized carbons (Fsp3) is 0.125. The number of carboxylic acids is 2. The van der Waals surface area contributed by atoms with Crippen LogP contribution in [0.2, 0.25) is 0 Å². The molecule has 0 atom stereocenters. The van der Waals surface area contributed by atoms with Crippen LogP contribution in [-0.2, 0) is 4.57 Å².